The number of anilines is 1. The molecular formula is C12H19N3O. The van der Waals surface area contributed by atoms with E-state index in [1.54, 1.807) is 12.3 Å². The van der Waals surface area contributed by atoms with E-state index in [9.17, 15) is 0 Å². The van der Waals surface area contributed by atoms with Crippen LogP contribution in [-0.2, 0) is 0 Å². The van der Waals surface area contributed by atoms with Gasteiger partial charge < -0.3 is 15.4 Å². The molecule has 1 aromatic heterocycles. The molecule has 1 aromatic rings. The highest BCUT2D eigenvalue weighted by Crippen LogP contribution is 2.12. The molecule has 1 aliphatic heterocycles. The lowest BCUT2D eigenvalue weighted by atomic mass is 10.4. The molecule has 0 spiro atoms. The maximum Gasteiger partial charge on any atom is 0.126 e. The van der Waals surface area contributed by atoms with Gasteiger partial charge in [0, 0.05) is 18.8 Å². The Morgan fingerprint density at radius 3 is 2.94 bits per heavy atom. The number of rotatable bonds is 5. The smallest absolute Gasteiger partial charge is 0.126 e. The third-order valence-corrected chi connectivity index (χ3v) is 2.84. The van der Waals surface area contributed by atoms with E-state index < -0.39 is 0 Å². The molecule has 1 saturated heterocycles. The average Bonchev–Trinajstić information content (AvgIpc) is 2.77. The summed E-state index contributed by atoms with van der Waals surface area (Å²) >= 11 is 0. The van der Waals surface area contributed by atoms with E-state index in [1.807, 2.05) is 6.07 Å². The number of hydrogen-bond acceptors (Lipinski definition) is 4. The summed E-state index contributed by atoms with van der Waals surface area (Å²) < 4.78 is 5.60. The second kappa shape index (κ2) is 5.70. The van der Waals surface area contributed by atoms with E-state index in [0.717, 1.165) is 25.3 Å². The van der Waals surface area contributed by atoms with Crippen LogP contribution < -0.4 is 10.5 Å². The average molecular weight is 221 g/mol. The molecule has 2 N–H and O–H groups in total. The Morgan fingerprint density at radius 1 is 1.38 bits per heavy atom. The highest BCUT2D eigenvalue weighted by Gasteiger charge is 2.10. The lowest BCUT2D eigenvalue weighted by molar-refractivity contribution is 0.263. The van der Waals surface area contributed by atoms with Crippen molar-refractivity contribution in [1.82, 2.24) is 9.88 Å². The van der Waals surface area contributed by atoms with Crippen molar-refractivity contribution in [3.8, 4) is 5.75 Å². The summed E-state index contributed by atoms with van der Waals surface area (Å²) in [5.41, 5.74) is 5.56. The third-order valence-electron chi connectivity index (χ3n) is 2.84. The first-order valence-corrected chi connectivity index (χ1v) is 5.91. The quantitative estimate of drug-likeness (QED) is 0.766. The number of nitrogens with two attached hydrogens (primary N) is 1. The van der Waals surface area contributed by atoms with E-state index in [4.69, 9.17) is 10.5 Å². The van der Waals surface area contributed by atoms with E-state index in [2.05, 4.69) is 9.88 Å². The second-order valence-electron chi connectivity index (χ2n) is 4.17. The standard InChI is InChI=1S/C12H19N3O/c13-12-10-11(4-5-14-12)16-9-3-8-15-6-1-2-7-15/h4-5,10H,1-3,6-9H2,(H2,13,14). The van der Waals surface area contributed by atoms with Crippen LogP contribution in [0.25, 0.3) is 0 Å². The van der Waals surface area contributed by atoms with Crippen molar-refractivity contribution in [2.45, 2.75) is 19.3 Å². The Morgan fingerprint density at radius 2 is 2.19 bits per heavy atom. The molecule has 2 rings (SSSR count). The van der Waals surface area contributed by atoms with Gasteiger partial charge in [0.1, 0.15) is 11.6 Å². The summed E-state index contributed by atoms with van der Waals surface area (Å²) in [5.74, 6) is 1.32. The van der Waals surface area contributed by atoms with Crippen molar-refractivity contribution < 1.29 is 4.74 Å². The highest BCUT2D eigenvalue weighted by molar-refractivity contribution is 5.35. The molecule has 0 saturated carbocycles. The van der Waals surface area contributed by atoms with Gasteiger partial charge in [-0.05, 0) is 38.4 Å². The van der Waals surface area contributed by atoms with Gasteiger partial charge in [0.05, 0.1) is 6.61 Å². The van der Waals surface area contributed by atoms with Gasteiger partial charge in [-0.2, -0.15) is 0 Å². The molecular weight excluding hydrogens is 202 g/mol. The molecule has 4 heteroatoms. The van der Waals surface area contributed by atoms with Gasteiger partial charge in [0.15, 0.2) is 0 Å². The van der Waals surface area contributed by atoms with Crippen LogP contribution in [0.1, 0.15) is 19.3 Å². The SMILES string of the molecule is Nc1cc(OCCCN2CCCC2)ccn1. The van der Waals surface area contributed by atoms with E-state index in [0.29, 0.717) is 5.82 Å². The molecule has 88 valence electrons. The van der Waals surface area contributed by atoms with E-state index >= 15 is 0 Å². The molecule has 0 unspecified atom stereocenters. The molecule has 2 heterocycles. The van der Waals surface area contributed by atoms with Crippen molar-refractivity contribution in [2.24, 2.45) is 0 Å². The molecule has 1 aliphatic rings. The third kappa shape index (κ3) is 3.38. The van der Waals surface area contributed by atoms with Crippen molar-refractivity contribution >= 4 is 5.82 Å². The van der Waals surface area contributed by atoms with Crippen LogP contribution >= 0.6 is 0 Å². The van der Waals surface area contributed by atoms with Crippen LogP contribution in [0.5, 0.6) is 5.75 Å². The van der Waals surface area contributed by atoms with Crippen LogP contribution in [0, 0.1) is 0 Å². The van der Waals surface area contributed by atoms with Crippen molar-refractivity contribution in [3.05, 3.63) is 18.3 Å². The Balaban J connectivity index is 1.64. The van der Waals surface area contributed by atoms with Crippen LogP contribution in [0.3, 0.4) is 0 Å². The Kier molecular flexibility index (Phi) is 3.99. The molecule has 0 atom stereocenters. The number of nitrogens with zero attached hydrogens (tertiary/aromatic N) is 2. The summed E-state index contributed by atoms with van der Waals surface area (Å²) in [6.45, 7) is 4.39. The first-order valence-electron chi connectivity index (χ1n) is 5.91. The Hall–Kier alpha value is -1.29. The van der Waals surface area contributed by atoms with Gasteiger partial charge in [-0.3, -0.25) is 0 Å². The minimum Gasteiger partial charge on any atom is -0.493 e. The molecule has 0 aliphatic carbocycles. The first kappa shape index (κ1) is 11.2. The Labute approximate surface area is 96.4 Å². The molecule has 4 nitrogen and oxygen atoms in total. The number of hydrogen-bond donors (Lipinski definition) is 1. The molecule has 0 amide bonds. The van der Waals surface area contributed by atoms with Crippen LogP contribution in [0.4, 0.5) is 5.82 Å². The molecule has 0 aromatic carbocycles. The number of aromatic nitrogens is 1. The minimum atomic E-state index is 0.511. The topological polar surface area (TPSA) is 51.4 Å². The molecule has 0 radical (unpaired) electrons. The van der Waals surface area contributed by atoms with E-state index in [1.165, 1.54) is 25.9 Å². The summed E-state index contributed by atoms with van der Waals surface area (Å²) in [6.07, 6.45) is 5.44. The van der Waals surface area contributed by atoms with Crippen molar-refractivity contribution in [2.75, 3.05) is 32.0 Å². The predicted octanol–water partition coefficient (Wildman–Crippen LogP) is 1.53. The van der Waals surface area contributed by atoms with Gasteiger partial charge >= 0.3 is 0 Å². The maximum absolute atomic E-state index is 5.60. The first-order chi connectivity index (χ1) is 7.84. The monoisotopic (exact) mass is 221 g/mol. The molecule has 16 heavy (non-hydrogen) atoms. The highest BCUT2D eigenvalue weighted by atomic mass is 16.5. The summed E-state index contributed by atoms with van der Waals surface area (Å²) in [6, 6.07) is 3.60. The minimum absolute atomic E-state index is 0.511. The maximum atomic E-state index is 5.60. The van der Waals surface area contributed by atoms with Gasteiger partial charge in [0.25, 0.3) is 0 Å². The largest absolute Gasteiger partial charge is 0.493 e. The van der Waals surface area contributed by atoms with Gasteiger partial charge in [-0.15, -0.1) is 0 Å². The zero-order valence-corrected chi connectivity index (χ0v) is 9.56. The lowest BCUT2D eigenvalue weighted by Crippen LogP contribution is -2.21. The number of likely N-dealkylation sites (tertiary alicyclic amines) is 1. The summed E-state index contributed by atoms with van der Waals surface area (Å²) in [5, 5.41) is 0. The normalized spacial score (nSPS) is 16.5. The van der Waals surface area contributed by atoms with Crippen LogP contribution in [0.15, 0.2) is 18.3 Å². The zero-order chi connectivity index (χ0) is 11.2. The predicted molar refractivity (Wildman–Crippen MR) is 64.4 cm³/mol. The van der Waals surface area contributed by atoms with Crippen molar-refractivity contribution in [1.29, 1.82) is 0 Å². The fourth-order valence-electron chi connectivity index (χ4n) is 2.00. The van der Waals surface area contributed by atoms with Crippen molar-refractivity contribution in [3.63, 3.8) is 0 Å². The van der Waals surface area contributed by atoms with Gasteiger partial charge in [-0.1, -0.05) is 0 Å². The fraction of sp³-hybridized carbons (Fsp3) is 0.583. The molecule has 1 fully saturated rings. The number of nitrogen functional groups attached to an aromatic ring is 1. The summed E-state index contributed by atoms with van der Waals surface area (Å²) in [7, 11) is 0. The second-order valence-corrected chi connectivity index (χ2v) is 4.17. The molecule has 0 bridgehead atoms. The van der Waals surface area contributed by atoms with E-state index in [-0.39, 0.29) is 0 Å². The fourth-order valence-corrected chi connectivity index (χ4v) is 2.00. The number of ether oxygens (including phenoxy) is 1. The van der Waals surface area contributed by atoms with Crippen LogP contribution in [-0.4, -0.2) is 36.1 Å². The lowest BCUT2D eigenvalue weighted by Gasteiger charge is -2.14. The zero-order valence-electron chi connectivity index (χ0n) is 9.56. The summed E-state index contributed by atoms with van der Waals surface area (Å²) in [4.78, 5) is 6.41. The van der Waals surface area contributed by atoms with Gasteiger partial charge in [-0.25, -0.2) is 4.98 Å². The van der Waals surface area contributed by atoms with Crippen LogP contribution in [0.2, 0.25) is 0 Å². The number of pyridine rings is 1. The van der Waals surface area contributed by atoms with Gasteiger partial charge in [0.2, 0.25) is 0 Å². The Bertz CT molecular complexity index is 324.